The molecule has 1 atom stereocenters. The van der Waals surface area contributed by atoms with Crippen molar-refractivity contribution in [1.82, 2.24) is 15.1 Å². The van der Waals surface area contributed by atoms with Gasteiger partial charge >= 0.3 is 0 Å². The smallest absolute Gasteiger partial charge is 0.0182 e. The van der Waals surface area contributed by atoms with Gasteiger partial charge in [-0.2, -0.15) is 0 Å². The summed E-state index contributed by atoms with van der Waals surface area (Å²) in [5, 5.41) is 3.43. The Morgan fingerprint density at radius 1 is 1.00 bits per heavy atom. The highest BCUT2D eigenvalue weighted by Crippen LogP contribution is 2.40. The van der Waals surface area contributed by atoms with Gasteiger partial charge in [-0.15, -0.1) is 0 Å². The highest BCUT2D eigenvalue weighted by molar-refractivity contribution is 5.14. The van der Waals surface area contributed by atoms with Gasteiger partial charge in [0.25, 0.3) is 0 Å². The molecule has 3 fully saturated rings. The van der Waals surface area contributed by atoms with Crippen molar-refractivity contribution in [2.45, 2.75) is 63.8 Å². The summed E-state index contributed by atoms with van der Waals surface area (Å²) in [7, 11) is 2.25. The minimum absolute atomic E-state index is 0.433. The summed E-state index contributed by atoms with van der Waals surface area (Å²) >= 11 is 0. The molecule has 3 rings (SSSR count). The third-order valence-corrected chi connectivity index (χ3v) is 6.96. The van der Waals surface area contributed by atoms with E-state index in [0.717, 1.165) is 18.0 Å². The highest BCUT2D eigenvalue weighted by atomic mass is 15.3. The maximum absolute atomic E-state index is 4.30. The van der Waals surface area contributed by atoms with Crippen LogP contribution in [0.4, 0.5) is 0 Å². The van der Waals surface area contributed by atoms with E-state index in [-0.39, 0.29) is 0 Å². The van der Waals surface area contributed by atoms with Gasteiger partial charge in [0.05, 0.1) is 0 Å². The van der Waals surface area contributed by atoms with Gasteiger partial charge in [0.1, 0.15) is 0 Å². The molecule has 0 aromatic carbocycles. The fraction of sp³-hybridized carbons (Fsp3) is 0.810. The molecule has 0 spiro atoms. The quantitative estimate of drug-likeness (QED) is 0.825. The minimum atomic E-state index is 0.433. The Kier molecular flexibility index (Phi) is 5.71. The third-order valence-electron chi connectivity index (χ3n) is 6.96. The Morgan fingerprint density at radius 2 is 1.62 bits per heavy atom. The summed E-state index contributed by atoms with van der Waals surface area (Å²) in [5.41, 5.74) is 2.82. The molecular formula is C21H37N3. The predicted octanol–water partition coefficient (Wildman–Crippen LogP) is 3.99. The highest BCUT2D eigenvalue weighted by Gasteiger charge is 2.36. The van der Waals surface area contributed by atoms with E-state index in [2.05, 4.69) is 42.2 Å². The Hall–Kier alpha value is -0.800. The van der Waals surface area contributed by atoms with Crippen molar-refractivity contribution in [3.63, 3.8) is 0 Å². The van der Waals surface area contributed by atoms with Crippen molar-refractivity contribution in [1.29, 1.82) is 0 Å². The predicted molar refractivity (Wildman–Crippen MR) is 103 cm³/mol. The van der Waals surface area contributed by atoms with E-state index in [1.165, 1.54) is 76.8 Å². The second-order valence-electron chi connectivity index (χ2n) is 8.73. The molecule has 2 aliphatic heterocycles. The summed E-state index contributed by atoms with van der Waals surface area (Å²) in [5.74, 6) is 1.50. The molecule has 0 aromatic heterocycles. The molecule has 3 heteroatoms. The maximum atomic E-state index is 4.30. The topological polar surface area (TPSA) is 18.5 Å². The summed E-state index contributed by atoms with van der Waals surface area (Å²) in [6, 6.07) is 0. The van der Waals surface area contributed by atoms with E-state index in [1.54, 1.807) is 0 Å². The van der Waals surface area contributed by atoms with Crippen molar-refractivity contribution >= 4 is 0 Å². The summed E-state index contributed by atoms with van der Waals surface area (Å²) < 4.78 is 0. The second kappa shape index (κ2) is 7.61. The number of allylic oxidation sites excluding steroid dienone is 2. The Labute approximate surface area is 149 Å². The number of hydrogen-bond donors (Lipinski definition) is 1. The normalized spacial score (nSPS) is 37.6. The molecular weight excluding hydrogens is 294 g/mol. The van der Waals surface area contributed by atoms with Crippen molar-refractivity contribution in [3.8, 4) is 0 Å². The number of likely N-dealkylation sites (N-methyl/N-ethyl adjacent to an activating group) is 1. The Balaban J connectivity index is 1.55. The Bertz CT molecular complexity index is 452. The molecule has 3 aliphatic rings. The van der Waals surface area contributed by atoms with E-state index >= 15 is 0 Å². The molecule has 136 valence electrons. The van der Waals surface area contributed by atoms with E-state index in [0.29, 0.717) is 11.5 Å². The average Bonchev–Trinajstić information content (AvgIpc) is 2.52. The largest absolute Gasteiger partial charge is 0.363 e. The standard InChI is InChI=1S/C21H37N3/c1-17-9-10-20(18(2)22-17)19-7-5-11-21(3,12-6-8-19)24-15-13-23(4)14-16-24/h19-20,22H,1-2,5-16H2,3-4H3. The average molecular weight is 332 g/mol. The zero-order valence-electron chi connectivity index (χ0n) is 15.9. The van der Waals surface area contributed by atoms with E-state index in [9.17, 15) is 0 Å². The minimum Gasteiger partial charge on any atom is -0.363 e. The third kappa shape index (κ3) is 4.05. The van der Waals surface area contributed by atoms with Crippen LogP contribution in [0.25, 0.3) is 0 Å². The molecule has 0 bridgehead atoms. The van der Waals surface area contributed by atoms with Crippen LogP contribution >= 0.6 is 0 Å². The molecule has 24 heavy (non-hydrogen) atoms. The SMILES string of the molecule is C=C1CCC(C2CCCC(C)(N3CCN(C)CC3)CCC2)C(=C)N1. The second-order valence-corrected chi connectivity index (χ2v) is 8.73. The van der Waals surface area contributed by atoms with E-state index in [1.807, 2.05) is 0 Å². The number of piperazine rings is 1. The lowest BCUT2D eigenvalue weighted by atomic mass is 9.73. The van der Waals surface area contributed by atoms with Crippen LogP contribution in [-0.4, -0.2) is 48.6 Å². The van der Waals surface area contributed by atoms with Gasteiger partial charge in [0.15, 0.2) is 0 Å². The summed E-state index contributed by atoms with van der Waals surface area (Å²) in [6.45, 7) is 15.9. The monoisotopic (exact) mass is 331 g/mol. The van der Waals surface area contributed by atoms with Crippen molar-refractivity contribution in [3.05, 3.63) is 24.6 Å². The van der Waals surface area contributed by atoms with Crippen LogP contribution < -0.4 is 5.32 Å². The van der Waals surface area contributed by atoms with Crippen LogP contribution in [0.1, 0.15) is 58.3 Å². The van der Waals surface area contributed by atoms with Gasteiger partial charge in [0, 0.05) is 49.0 Å². The first-order valence-corrected chi connectivity index (χ1v) is 10.1. The molecule has 0 aromatic rings. The Morgan fingerprint density at radius 3 is 2.21 bits per heavy atom. The van der Waals surface area contributed by atoms with Gasteiger partial charge in [-0.25, -0.2) is 0 Å². The molecule has 0 amide bonds. The van der Waals surface area contributed by atoms with Gasteiger partial charge < -0.3 is 10.2 Å². The van der Waals surface area contributed by atoms with Crippen LogP contribution in [-0.2, 0) is 0 Å². The summed E-state index contributed by atoms with van der Waals surface area (Å²) in [6.07, 6.45) is 10.6. The van der Waals surface area contributed by atoms with Crippen LogP contribution in [0.2, 0.25) is 0 Å². The fourth-order valence-corrected chi connectivity index (χ4v) is 5.23. The van der Waals surface area contributed by atoms with Gasteiger partial charge in [-0.05, 0) is 58.4 Å². The molecule has 1 N–H and O–H groups in total. The van der Waals surface area contributed by atoms with Crippen LogP contribution in [0, 0.1) is 11.8 Å². The number of nitrogens with zero attached hydrogens (tertiary/aromatic N) is 2. The van der Waals surface area contributed by atoms with Crippen molar-refractivity contribution in [2.24, 2.45) is 11.8 Å². The lowest BCUT2D eigenvalue weighted by molar-refractivity contribution is 0.0283. The number of rotatable bonds is 2. The van der Waals surface area contributed by atoms with Crippen molar-refractivity contribution in [2.75, 3.05) is 33.2 Å². The van der Waals surface area contributed by atoms with Crippen LogP contribution in [0.5, 0.6) is 0 Å². The van der Waals surface area contributed by atoms with Gasteiger partial charge in [0.2, 0.25) is 0 Å². The molecule has 2 saturated heterocycles. The first-order chi connectivity index (χ1) is 11.5. The molecule has 0 radical (unpaired) electrons. The lowest BCUT2D eigenvalue weighted by Crippen LogP contribution is -2.55. The first-order valence-electron chi connectivity index (χ1n) is 10.1. The zero-order valence-corrected chi connectivity index (χ0v) is 15.9. The van der Waals surface area contributed by atoms with Crippen LogP contribution in [0.15, 0.2) is 24.6 Å². The molecule has 1 aliphatic carbocycles. The van der Waals surface area contributed by atoms with E-state index < -0.39 is 0 Å². The lowest BCUT2D eigenvalue weighted by Gasteiger charge is -2.47. The molecule has 3 nitrogen and oxygen atoms in total. The fourth-order valence-electron chi connectivity index (χ4n) is 5.23. The first kappa shape index (κ1) is 18.0. The molecule has 1 unspecified atom stereocenters. The molecule has 2 heterocycles. The zero-order chi connectivity index (χ0) is 17.2. The maximum Gasteiger partial charge on any atom is 0.0182 e. The number of hydrogen-bond acceptors (Lipinski definition) is 3. The number of piperidine rings is 1. The van der Waals surface area contributed by atoms with E-state index in [4.69, 9.17) is 0 Å². The molecule has 1 saturated carbocycles. The van der Waals surface area contributed by atoms with Gasteiger partial charge in [-0.3, -0.25) is 4.90 Å². The van der Waals surface area contributed by atoms with Crippen molar-refractivity contribution < 1.29 is 0 Å². The van der Waals surface area contributed by atoms with Gasteiger partial charge in [-0.1, -0.05) is 26.0 Å². The summed E-state index contributed by atoms with van der Waals surface area (Å²) in [4.78, 5) is 5.26. The van der Waals surface area contributed by atoms with Crippen LogP contribution in [0.3, 0.4) is 0 Å². The number of nitrogens with one attached hydrogen (secondary N) is 1.